The van der Waals surface area contributed by atoms with Crippen molar-refractivity contribution in [2.45, 2.75) is 25.5 Å². The topological polar surface area (TPSA) is 130 Å². The lowest BCUT2D eigenvalue weighted by atomic mass is 9.97. The number of rotatable bonds is 12. The first-order chi connectivity index (χ1) is 23.3. The molecule has 0 fully saturated rings. The number of carbonyl (C=O) groups excluding carboxylic acids is 4. The first-order valence-electron chi connectivity index (χ1n) is 14.9. The molecule has 1 aromatic heterocycles. The van der Waals surface area contributed by atoms with Gasteiger partial charge in [0.2, 0.25) is 0 Å². The normalized spacial score (nSPS) is 16.1. The average molecular weight is 663 g/mol. The standard InChI is InChI=1S/C37H30N2O8S/c1-4-29(35-39-30-9-7-8-10-32(30)48-35)38-22-25-21-28(46-36(42)23-11-15-26(16-12-23)44-33(40)5-2)19-20-31(25)47-37(43)24-13-17-27(18-14-24)45-34(41)6-3/h5-22,25,29,31H,2-4H2,1H3. The Morgan fingerprint density at radius 2 is 1.46 bits per heavy atom. The molecule has 0 amide bonds. The van der Waals surface area contributed by atoms with Gasteiger partial charge in [0, 0.05) is 18.4 Å². The molecule has 3 unspecified atom stereocenters. The molecule has 0 saturated carbocycles. The van der Waals surface area contributed by atoms with Gasteiger partial charge in [-0.15, -0.1) is 11.3 Å². The highest BCUT2D eigenvalue weighted by Gasteiger charge is 2.27. The number of hydrogen-bond acceptors (Lipinski definition) is 11. The number of benzene rings is 3. The van der Waals surface area contributed by atoms with Gasteiger partial charge in [-0.05, 0) is 85.3 Å². The van der Waals surface area contributed by atoms with Gasteiger partial charge in [-0.25, -0.2) is 24.2 Å². The van der Waals surface area contributed by atoms with E-state index in [0.717, 1.165) is 27.4 Å². The second-order valence-electron chi connectivity index (χ2n) is 10.3. The van der Waals surface area contributed by atoms with E-state index in [0.29, 0.717) is 6.42 Å². The predicted octanol–water partition coefficient (Wildman–Crippen LogP) is 7.15. The lowest BCUT2D eigenvalue weighted by Gasteiger charge is -2.23. The molecule has 0 radical (unpaired) electrons. The molecule has 3 atom stereocenters. The van der Waals surface area contributed by atoms with E-state index >= 15 is 0 Å². The van der Waals surface area contributed by atoms with Crippen molar-refractivity contribution in [2.75, 3.05) is 0 Å². The monoisotopic (exact) mass is 662 g/mol. The van der Waals surface area contributed by atoms with Crippen molar-refractivity contribution in [3.05, 3.63) is 138 Å². The fourth-order valence-electron chi connectivity index (χ4n) is 4.54. The molecular weight excluding hydrogens is 632 g/mol. The van der Waals surface area contributed by atoms with Crippen molar-refractivity contribution >= 4 is 51.6 Å². The summed E-state index contributed by atoms with van der Waals surface area (Å²) in [6.07, 6.45) is 8.46. The number of para-hydroxylation sites is 1. The molecular formula is C37H30N2O8S. The number of allylic oxidation sites excluding steroid dienone is 1. The van der Waals surface area contributed by atoms with Gasteiger partial charge in [-0.1, -0.05) is 32.2 Å². The molecule has 1 aliphatic rings. The van der Waals surface area contributed by atoms with Crippen molar-refractivity contribution in [3.8, 4) is 11.5 Å². The summed E-state index contributed by atoms with van der Waals surface area (Å²) in [4.78, 5) is 58.6. The van der Waals surface area contributed by atoms with Crippen LogP contribution in [0.1, 0.15) is 45.1 Å². The van der Waals surface area contributed by atoms with E-state index in [1.807, 2.05) is 31.2 Å². The van der Waals surface area contributed by atoms with Crippen LogP contribution in [0.3, 0.4) is 0 Å². The van der Waals surface area contributed by atoms with Crippen LogP contribution in [0.4, 0.5) is 0 Å². The van der Waals surface area contributed by atoms with E-state index < -0.39 is 35.9 Å². The van der Waals surface area contributed by atoms with E-state index in [4.69, 9.17) is 28.9 Å². The number of ether oxygens (including phenoxy) is 4. The molecule has 3 aromatic carbocycles. The third-order valence-corrected chi connectivity index (χ3v) is 8.15. The van der Waals surface area contributed by atoms with Crippen LogP contribution in [0.15, 0.2) is 127 Å². The van der Waals surface area contributed by atoms with Gasteiger partial charge < -0.3 is 18.9 Å². The summed E-state index contributed by atoms with van der Waals surface area (Å²) >= 11 is 1.57. The summed E-state index contributed by atoms with van der Waals surface area (Å²) in [5, 5.41) is 0.852. The minimum Gasteiger partial charge on any atom is -0.453 e. The Hall–Kier alpha value is -5.94. The molecule has 0 saturated heterocycles. The summed E-state index contributed by atoms with van der Waals surface area (Å²) in [6, 6.07) is 19.4. The maximum Gasteiger partial charge on any atom is 0.343 e. The van der Waals surface area contributed by atoms with Gasteiger partial charge in [-0.2, -0.15) is 0 Å². The van der Waals surface area contributed by atoms with Gasteiger partial charge in [0.25, 0.3) is 0 Å². The fraction of sp³-hybridized carbons (Fsp3) is 0.135. The number of carbonyl (C=O) groups is 4. The Bertz CT molecular complexity index is 1910. The SMILES string of the molecule is C=CC(=O)Oc1ccc(C(=O)OC2=CC(C=NC(CC)c3nc4ccccc4s3)C(OC(=O)c3ccc(OC(=O)C=C)cc3)C=C2)cc1. The summed E-state index contributed by atoms with van der Waals surface area (Å²) in [5.74, 6) is -2.37. The lowest BCUT2D eigenvalue weighted by molar-refractivity contribution is -0.129. The fourth-order valence-corrected chi connectivity index (χ4v) is 5.64. The largest absolute Gasteiger partial charge is 0.453 e. The van der Waals surface area contributed by atoms with Gasteiger partial charge in [0.05, 0.1) is 27.3 Å². The van der Waals surface area contributed by atoms with E-state index in [1.165, 1.54) is 48.5 Å². The highest BCUT2D eigenvalue weighted by atomic mass is 32.1. The summed E-state index contributed by atoms with van der Waals surface area (Å²) < 4.78 is 22.7. The zero-order chi connectivity index (χ0) is 34.0. The maximum absolute atomic E-state index is 13.1. The summed E-state index contributed by atoms with van der Waals surface area (Å²) in [6.45, 7) is 8.73. The molecule has 0 N–H and O–H groups in total. The molecule has 0 spiro atoms. The lowest BCUT2D eigenvalue weighted by Crippen LogP contribution is -2.28. The molecule has 5 rings (SSSR count). The number of nitrogens with zero attached hydrogens (tertiary/aromatic N) is 2. The third kappa shape index (κ3) is 8.45. The Labute approximate surface area is 280 Å². The number of aliphatic imine (C=N–C) groups is 1. The minimum absolute atomic E-state index is 0.227. The molecule has 10 nitrogen and oxygen atoms in total. The zero-order valence-electron chi connectivity index (χ0n) is 25.8. The molecule has 1 heterocycles. The number of hydrogen-bond donors (Lipinski definition) is 0. The van der Waals surface area contributed by atoms with Crippen LogP contribution in [0.5, 0.6) is 11.5 Å². The second kappa shape index (κ2) is 15.6. The molecule has 1 aliphatic carbocycles. The van der Waals surface area contributed by atoms with Crippen LogP contribution in [0.25, 0.3) is 10.2 Å². The van der Waals surface area contributed by atoms with Gasteiger partial charge in [0.15, 0.2) is 0 Å². The van der Waals surface area contributed by atoms with Gasteiger partial charge in [0.1, 0.15) is 34.4 Å². The first-order valence-corrected chi connectivity index (χ1v) is 15.7. The van der Waals surface area contributed by atoms with Crippen molar-refractivity contribution in [2.24, 2.45) is 10.9 Å². The number of esters is 4. The molecule has 11 heteroatoms. The number of thiazole rings is 1. The summed E-state index contributed by atoms with van der Waals surface area (Å²) in [7, 11) is 0. The molecule has 4 aromatic rings. The van der Waals surface area contributed by atoms with Crippen LogP contribution >= 0.6 is 11.3 Å². The van der Waals surface area contributed by atoms with Crippen molar-refractivity contribution in [1.29, 1.82) is 0 Å². The minimum atomic E-state index is -0.784. The second-order valence-corrected chi connectivity index (χ2v) is 11.4. The van der Waals surface area contributed by atoms with Crippen molar-refractivity contribution in [3.63, 3.8) is 0 Å². The maximum atomic E-state index is 13.1. The van der Waals surface area contributed by atoms with E-state index in [2.05, 4.69) is 13.2 Å². The van der Waals surface area contributed by atoms with Crippen molar-refractivity contribution < 1.29 is 38.1 Å². The Morgan fingerprint density at radius 3 is 2.04 bits per heavy atom. The smallest absolute Gasteiger partial charge is 0.343 e. The van der Waals surface area contributed by atoms with E-state index in [9.17, 15) is 19.2 Å². The van der Waals surface area contributed by atoms with Crippen molar-refractivity contribution in [1.82, 2.24) is 4.98 Å². The number of aromatic nitrogens is 1. The predicted molar refractivity (Wildman–Crippen MR) is 181 cm³/mol. The molecule has 0 aliphatic heterocycles. The van der Waals surface area contributed by atoms with Crippen LogP contribution in [-0.2, 0) is 19.1 Å². The van der Waals surface area contributed by atoms with Crippen LogP contribution in [0, 0.1) is 5.92 Å². The highest BCUT2D eigenvalue weighted by Crippen LogP contribution is 2.31. The first kappa shape index (κ1) is 33.4. The number of fused-ring (bicyclic) bond motifs is 1. The zero-order valence-corrected chi connectivity index (χ0v) is 26.6. The van der Waals surface area contributed by atoms with E-state index in [1.54, 1.807) is 35.8 Å². The molecule has 242 valence electrons. The third-order valence-electron chi connectivity index (χ3n) is 7.01. The van der Waals surface area contributed by atoms with E-state index in [-0.39, 0.29) is 34.4 Å². The van der Waals surface area contributed by atoms with Crippen LogP contribution < -0.4 is 9.47 Å². The van der Waals surface area contributed by atoms with Gasteiger partial charge >= 0.3 is 23.9 Å². The summed E-state index contributed by atoms with van der Waals surface area (Å²) in [5.41, 5.74) is 1.36. The van der Waals surface area contributed by atoms with Crippen LogP contribution in [-0.4, -0.2) is 41.2 Å². The highest BCUT2D eigenvalue weighted by molar-refractivity contribution is 7.18. The quantitative estimate of drug-likeness (QED) is 0.0672. The average Bonchev–Trinajstić information content (AvgIpc) is 3.54. The molecule has 48 heavy (non-hydrogen) atoms. The Kier molecular flexibility index (Phi) is 10.8. The van der Waals surface area contributed by atoms with Gasteiger partial charge in [-0.3, -0.25) is 4.99 Å². The Morgan fingerprint density at radius 1 is 0.854 bits per heavy atom. The molecule has 0 bridgehead atoms. The van der Waals surface area contributed by atoms with Crippen LogP contribution in [0.2, 0.25) is 0 Å². The Balaban J connectivity index is 1.35.